The Balaban J connectivity index is 1.97. The summed E-state index contributed by atoms with van der Waals surface area (Å²) in [6.07, 6.45) is 1.36. The molecular weight excluding hydrogens is 359 g/mol. The molecule has 0 fully saturated rings. The molecule has 9 nitrogen and oxygen atoms in total. The van der Waals surface area contributed by atoms with Gasteiger partial charge < -0.3 is 5.32 Å². The van der Waals surface area contributed by atoms with Crippen molar-refractivity contribution in [1.29, 1.82) is 0 Å². The second-order valence-electron chi connectivity index (χ2n) is 4.62. The van der Waals surface area contributed by atoms with Crippen LogP contribution in [0, 0.1) is 0 Å². The first-order chi connectivity index (χ1) is 11.4. The number of hydrogen-bond acceptors (Lipinski definition) is 6. The fourth-order valence-electron chi connectivity index (χ4n) is 1.58. The number of hydrazone groups is 1. The number of benzene rings is 1. The molecule has 126 valence electrons. The first-order valence-electron chi connectivity index (χ1n) is 6.60. The average Bonchev–Trinajstić information content (AvgIpc) is 2.52. The van der Waals surface area contributed by atoms with Crippen LogP contribution in [0.1, 0.15) is 12.5 Å². The van der Waals surface area contributed by atoms with Gasteiger partial charge in [0.05, 0.1) is 11.2 Å². The van der Waals surface area contributed by atoms with Crippen LogP contribution in [0.3, 0.4) is 0 Å². The normalized spacial score (nSPS) is 12.1. The Morgan fingerprint density at radius 1 is 1.38 bits per heavy atom. The zero-order valence-electron chi connectivity index (χ0n) is 12.3. The highest BCUT2D eigenvalue weighted by molar-refractivity contribution is 6.36. The monoisotopic (exact) mass is 370 g/mol. The molecule has 24 heavy (non-hydrogen) atoms. The van der Waals surface area contributed by atoms with E-state index in [-0.39, 0.29) is 5.82 Å². The standard InChI is InChI=1S/C13H12Cl2N6O3/c1-6(17-10-12(23)18-13(24)21-19-10)11(22)20-16-5-7-2-3-8(14)4-9(7)15/h2-6H,1H3,(H,17,19)(H,20,22)(H2,18,21,23,24)/b16-5+. The van der Waals surface area contributed by atoms with Crippen LogP contribution in [-0.4, -0.2) is 33.3 Å². The number of rotatable bonds is 5. The summed E-state index contributed by atoms with van der Waals surface area (Å²) in [7, 11) is 0. The minimum absolute atomic E-state index is 0.193. The molecule has 0 aliphatic rings. The van der Waals surface area contributed by atoms with Gasteiger partial charge in [0.25, 0.3) is 11.5 Å². The highest BCUT2D eigenvalue weighted by Gasteiger charge is 2.14. The summed E-state index contributed by atoms with van der Waals surface area (Å²) in [5.74, 6) is -0.717. The maximum absolute atomic E-state index is 11.9. The molecule has 0 saturated heterocycles. The van der Waals surface area contributed by atoms with E-state index in [2.05, 4.69) is 26.0 Å². The number of anilines is 1. The molecule has 1 aromatic carbocycles. The van der Waals surface area contributed by atoms with Gasteiger partial charge in [0.1, 0.15) is 6.04 Å². The van der Waals surface area contributed by atoms with Gasteiger partial charge in [-0.1, -0.05) is 29.3 Å². The minimum atomic E-state index is -0.831. The molecule has 1 aromatic heterocycles. The Kier molecular flexibility index (Phi) is 5.72. The van der Waals surface area contributed by atoms with Crippen LogP contribution in [0.15, 0.2) is 32.9 Å². The predicted octanol–water partition coefficient (Wildman–Crippen LogP) is 0.716. The number of carbonyl (C=O) groups is 1. The molecule has 2 rings (SSSR count). The van der Waals surface area contributed by atoms with E-state index in [1.807, 2.05) is 4.98 Å². The molecule has 0 aliphatic carbocycles. The van der Waals surface area contributed by atoms with Gasteiger partial charge in [-0.05, 0) is 19.1 Å². The van der Waals surface area contributed by atoms with E-state index in [0.29, 0.717) is 15.6 Å². The van der Waals surface area contributed by atoms with E-state index in [0.717, 1.165) is 0 Å². The number of hydrogen-bond donors (Lipinski definition) is 4. The summed E-state index contributed by atoms with van der Waals surface area (Å²) in [5, 5.41) is 12.8. The summed E-state index contributed by atoms with van der Waals surface area (Å²) in [5.41, 5.74) is 1.37. The Hall–Kier alpha value is -2.65. The third kappa shape index (κ3) is 4.67. The number of nitrogens with one attached hydrogen (secondary N) is 4. The Labute approximate surface area is 145 Å². The highest BCUT2D eigenvalue weighted by Crippen LogP contribution is 2.19. The molecular formula is C13H12Cl2N6O3. The number of carbonyl (C=O) groups excluding carboxylic acids is 1. The van der Waals surface area contributed by atoms with Crippen molar-refractivity contribution in [3.8, 4) is 0 Å². The van der Waals surface area contributed by atoms with Crippen LogP contribution < -0.4 is 22.0 Å². The summed E-state index contributed by atoms with van der Waals surface area (Å²) in [6.45, 7) is 1.49. The van der Waals surface area contributed by atoms with Gasteiger partial charge in [-0.3, -0.25) is 14.6 Å². The minimum Gasteiger partial charge on any atom is -0.353 e. The van der Waals surface area contributed by atoms with Crippen LogP contribution in [0.2, 0.25) is 10.0 Å². The van der Waals surface area contributed by atoms with Crippen molar-refractivity contribution in [2.45, 2.75) is 13.0 Å². The Morgan fingerprint density at radius 2 is 2.12 bits per heavy atom. The van der Waals surface area contributed by atoms with E-state index in [1.165, 1.54) is 13.1 Å². The van der Waals surface area contributed by atoms with Crippen LogP contribution in [0.4, 0.5) is 5.82 Å². The van der Waals surface area contributed by atoms with E-state index in [4.69, 9.17) is 23.2 Å². The first kappa shape index (κ1) is 17.7. The molecule has 0 radical (unpaired) electrons. The molecule has 0 bridgehead atoms. The second kappa shape index (κ2) is 7.75. The topological polar surface area (TPSA) is 132 Å². The molecule has 4 N–H and O–H groups in total. The average molecular weight is 371 g/mol. The number of halogens is 2. The lowest BCUT2D eigenvalue weighted by Crippen LogP contribution is -2.38. The Bertz CT molecular complexity index is 892. The third-order valence-electron chi connectivity index (χ3n) is 2.80. The zero-order valence-corrected chi connectivity index (χ0v) is 13.8. The van der Waals surface area contributed by atoms with Gasteiger partial charge >= 0.3 is 5.69 Å². The largest absolute Gasteiger partial charge is 0.353 e. The second-order valence-corrected chi connectivity index (χ2v) is 5.47. The predicted molar refractivity (Wildman–Crippen MR) is 90.8 cm³/mol. The molecule has 0 aliphatic heterocycles. The van der Waals surface area contributed by atoms with Crippen molar-refractivity contribution >= 4 is 41.1 Å². The van der Waals surface area contributed by atoms with Crippen LogP contribution in [0.5, 0.6) is 0 Å². The fourth-order valence-corrected chi connectivity index (χ4v) is 2.04. The van der Waals surface area contributed by atoms with Gasteiger partial charge in [-0.25, -0.2) is 15.3 Å². The summed E-state index contributed by atoms with van der Waals surface area (Å²) in [4.78, 5) is 36.2. The van der Waals surface area contributed by atoms with Crippen LogP contribution >= 0.6 is 23.2 Å². The quantitative estimate of drug-likeness (QED) is 0.454. The number of aromatic amines is 2. The van der Waals surface area contributed by atoms with Gasteiger partial charge in [-0.15, -0.1) is 5.10 Å². The number of nitrogens with zero attached hydrogens (tertiary/aromatic N) is 2. The van der Waals surface area contributed by atoms with E-state index in [1.54, 1.807) is 18.2 Å². The van der Waals surface area contributed by atoms with Crippen LogP contribution in [0.25, 0.3) is 0 Å². The Morgan fingerprint density at radius 3 is 2.79 bits per heavy atom. The number of amides is 1. The lowest BCUT2D eigenvalue weighted by Gasteiger charge is -2.11. The maximum Gasteiger partial charge on any atom is 0.342 e. The summed E-state index contributed by atoms with van der Waals surface area (Å²) < 4.78 is 0. The van der Waals surface area contributed by atoms with E-state index < -0.39 is 23.2 Å². The van der Waals surface area contributed by atoms with E-state index >= 15 is 0 Å². The van der Waals surface area contributed by atoms with Crippen molar-refractivity contribution in [2.75, 3.05) is 5.32 Å². The number of H-pyrrole nitrogens is 2. The molecule has 0 spiro atoms. The highest BCUT2D eigenvalue weighted by atomic mass is 35.5. The number of aromatic nitrogens is 3. The van der Waals surface area contributed by atoms with Crippen molar-refractivity contribution in [3.63, 3.8) is 0 Å². The SMILES string of the molecule is CC(Nc1n[nH]c(=O)[nH]c1=O)C(=O)N/N=C/c1ccc(Cl)cc1Cl. The fraction of sp³-hybridized carbons (Fsp3) is 0.154. The molecule has 2 aromatic rings. The van der Waals surface area contributed by atoms with Gasteiger partial charge in [-0.2, -0.15) is 5.10 Å². The van der Waals surface area contributed by atoms with E-state index in [9.17, 15) is 14.4 Å². The smallest absolute Gasteiger partial charge is 0.342 e. The maximum atomic E-state index is 11.9. The lowest BCUT2D eigenvalue weighted by atomic mass is 10.2. The molecule has 0 saturated carbocycles. The van der Waals surface area contributed by atoms with Gasteiger partial charge in [0.15, 0.2) is 0 Å². The third-order valence-corrected chi connectivity index (χ3v) is 3.36. The van der Waals surface area contributed by atoms with Crippen molar-refractivity contribution < 1.29 is 4.79 Å². The van der Waals surface area contributed by atoms with Crippen molar-refractivity contribution in [3.05, 3.63) is 54.6 Å². The summed E-state index contributed by atoms with van der Waals surface area (Å²) >= 11 is 11.7. The molecule has 11 heteroatoms. The van der Waals surface area contributed by atoms with Crippen LogP contribution in [-0.2, 0) is 4.79 Å². The van der Waals surface area contributed by atoms with Crippen molar-refractivity contribution in [2.24, 2.45) is 5.10 Å². The molecule has 1 amide bonds. The first-order valence-corrected chi connectivity index (χ1v) is 7.36. The summed E-state index contributed by atoms with van der Waals surface area (Å²) in [6, 6.07) is 3.99. The lowest BCUT2D eigenvalue weighted by molar-refractivity contribution is -0.121. The van der Waals surface area contributed by atoms with Gasteiger partial charge in [0.2, 0.25) is 5.82 Å². The molecule has 1 atom stereocenters. The van der Waals surface area contributed by atoms with Crippen molar-refractivity contribution in [1.82, 2.24) is 20.6 Å². The van der Waals surface area contributed by atoms with Gasteiger partial charge in [0, 0.05) is 10.6 Å². The molecule has 1 heterocycles. The molecule has 1 unspecified atom stereocenters. The zero-order chi connectivity index (χ0) is 17.7.